The van der Waals surface area contributed by atoms with E-state index in [0.29, 0.717) is 21.8 Å². The number of rotatable bonds is 5. The number of aryl methyl sites for hydroxylation is 1. The van der Waals surface area contributed by atoms with Crippen molar-refractivity contribution in [2.45, 2.75) is 12.7 Å². The molecule has 0 radical (unpaired) electrons. The van der Waals surface area contributed by atoms with Crippen LogP contribution in [0, 0.1) is 18.3 Å². The first-order valence-corrected chi connectivity index (χ1v) is 11.2. The molecule has 138 valence electrons. The molecule has 0 saturated carbocycles. The Balaban J connectivity index is 1.88. The quantitative estimate of drug-likeness (QED) is 0.562. The van der Waals surface area contributed by atoms with Gasteiger partial charge in [-0.3, -0.25) is 0 Å². The predicted octanol–water partition coefficient (Wildman–Crippen LogP) is 4.06. The highest BCUT2D eigenvalue weighted by Gasteiger charge is 2.19. The van der Waals surface area contributed by atoms with Crippen LogP contribution in [0.15, 0.2) is 76.2 Å². The van der Waals surface area contributed by atoms with Crippen LogP contribution in [-0.4, -0.2) is 14.2 Å². The number of hydrogen-bond acceptors (Lipinski definition) is 5. The van der Waals surface area contributed by atoms with E-state index in [2.05, 4.69) is 10.6 Å². The van der Waals surface area contributed by atoms with E-state index in [1.807, 2.05) is 49.4 Å². The van der Waals surface area contributed by atoms with Gasteiger partial charge in [0.2, 0.25) is 0 Å². The van der Waals surface area contributed by atoms with Gasteiger partial charge in [-0.1, -0.05) is 65.2 Å². The fourth-order valence-corrected chi connectivity index (χ4v) is 5.24. The fourth-order valence-electron chi connectivity index (χ4n) is 2.68. The zero-order chi connectivity index (χ0) is 19.3. The predicted molar refractivity (Wildman–Crippen MR) is 108 cm³/mol. The Labute approximate surface area is 161 Å². The molecule has 0 bridgehead atoms. The van der Waals surface area contributed by atoms with Crippen molar-refractivity contribution >= 4 is 26.4 Å². The van der Waals surface area contributed by atoms with Gasteiger partial charge in [-0.2, -0.15) is 13.7 Å². The first kappa shape index (κ1) is 19.2. The summed E-state index contributed by atoms with van der Waals surface area (Å²) in [5.41, 5.74) is 2.93. The molecule has 7 heteroatoms. The van der Waals surface area contributed by atoms with E-state index in [4.69, 9.17) is 4.28 Å². The van der Waals surface area contributed by atoms with Crippen LogP contribution in [0.3, 0.4) is 0 Å². The molecule has 2 aromatic carbocycles. The summed E-state index contributed by atoms with van der Waals surface area (Å²) >= 11 is 0. The smallest absolute Gasteiger partial charge is 0.197 e. The molecule has 1 unspecified atom stereocenters. The largest absolute Gasteiger partial charge is 0.294 e. The summed E-state index contributed by atoms with van der Waals surface area (Å²) in [4.78, 5) is 0.696. The van der Waals surface area contributed by atoms with Crippen molar-refractivity contribution in [3.63, 3.8) is 0 Å². The zero-order valence-corrected chi connectivity index (χ0v) is 16.3. The number of allylic oxidation sites excluding steroid dienone is 2. The minimum absolute atomic E-state index is 0.246. The molecule has 1 aliphatic heterocycles. The van der Waals surface area contributed by atoms with Gasteiger partial charge in [0.05, 0.1) is 5.57 Å². The Morgan fingerprint density at radius 3 is 2.59 bits per heavy atom. The molecule has 1 heterocycles. The van der Waals surface area contributed by atoms with Gasteiger partial charge in [-0.15, -0.1) is 4.28 Å². The monoisotopic (exact) mass is 398 g/mol. The Kier molecular flexibility index (Phi) is 6.01. The number of nitriles is 1. The van der Waals surface area contributed by atoms with Crippen LogP contribution in [0.4, 0.5) is 0 Å². The van der Waals surface area contributed by atoms with Gasteiger partial charge < -0.3 is 0 Å². The molecule has 1 aliphatic rings. The van der Waals surface area contributed by atoms with Crippen LogP contribution in [0.1, 0.15) is 16.7 Å². The lowest BCUT2D eigenvalue weighted by molar-refractivity contribution is 0.346. The van der Waals surface area contributed by atoms with Crippen molar-refractivity contribution in [1.29, 1.82) is 5.26 Å². The van der Waals surface area contributed by atoms with Crippen molar-refractivity contribution < 1.29 is 12.7 Å². The minimum atomic E-state index is -3.84. The SMILES string of the molecule is Cc1ccccc1C(C#N)=C1C=CCS1=NOS(=O)(=O)Cc1ccccc1. The van der Waals surface area contributed by atoms with E-state index in [0.717, 1.165) is 11.1 Å². The zero-order valence-electron chi connectivity index (χ0n) is 14.7. The summed E-state index contributed by atoms with van der Waals surface area (Å²) in [5, 5.41) is 9.67. The van der Waals surface area contributed by atoms with E-state index in [-0.39, 0.29) is 5.75 Å². The van der Waals surface area contributed by atoms with Crippen molar-refractivity contribution in [2.75, 3.05) is 5.75 Å². The maximum atomic E-state index is 12.2. The molecule has 3 rings (SSSR count). The lowest BCUT2D eigenvalue weighted by Gasteiger charge is -2.08. The van der Waals surface area contributed by atoms with Gasteiger partial charge in [0, 0.05) is 10.7 Å². The maximum Gasteiger partial charge on any atom is 0.294 e. The highest BCUT2D eigenvalue weighted by Crippen LogP contribution is 2.28. The Bertz CT molecular complexity index is 1080. The molecular formula is C20H18N2O3S2. The van der Waals surface area contributed by atoms with E-state index in [9.17, 15) is 13.7 Å². The molecule has 0 saturated heterocycles. The molecule has 1 atom stereocenters. The van der Waals surface area contributed by atoms with Crippen LogP contribution in [-0.2, 0) is 30.8 Å². The normalized spacial score (nSPS) is 18.4. The molecular weight excluding hydrogens is 380 g/mol. The van der Waals surface area contributed by atoms with Gasteiger partial charge in [0.15, 0.2) is 0 Å². The van der Waals surface area contributed by atoms with Crippen molar-refractivity contribution in [3.8, 4) is 6.07 Å². The summed E-state index contributed by atoms with van der Waals surface area (Å²) in [7, 11) is -4.68. The third kappa shape index (κ3) is 4.80. The third-order valence-corrected chi connectivity index (χ3v) is 6.66. The fraction of sp³-hybridized carbons (Fsp3) is 0.150. The van der Waals surface area contributed by atoms with Gasteiger partial charge in [0.25, 0.3) is 10.1 Å². The molecule has 0 amide bonds. The molecule has 0 aliphatic carbocycles. The molecule has 0 aromatic heterocycles. The lowest BCUT2D eigenvalue weighted by Crippen LogP contribution is -2.07. The van der Waals surface area contributed by atoms with E-state index < -0.39 is 20.8 Å². The second kappa shape index (κ2) is 8.44. The summed E-state index contributed by atoms with van der Waals surface area (Å²) in [6.45, 7) is 1.93. The standard InChI is InChI=1S/C20H18N2O3S2/c1-16-8-5-6-11-18(16)19(14-21)20-12-7-13-26(20)22-25-27(23,24)15-17-9-3-2-4-10-17/h2-12H,13,15H2,1H3. The van der Waals surface area contributed by atoms with E-state index >= 15 is 0 Å². The van der Waals surface area contributed by atoms with Crippen LogP contribution in [0.5, 0.6) is 0 Å². The molecule has 0 N–H and O–H groups in total. The average Bonchev–Trinajstić information content (AvgIpc) is 3.11. The van der Waals surface area contributed by atoms with E-state index in [1.165, 1.54) is 0 Å². The molecule has 0 fully saturated rings. The molecule has 2 aromatic rings. The van der Waals surface area contributed by atoms with Gasteiger partial charge in [-0.25, -0.2) is 0 Å². The van der Waals surface area contributed by atoms with Crippen molar-refractivity contribution in [2.24, 2.45) is 4.53 Å². The first-order valence-electron chi connectivity index (χ1n) is 8.24. The summed E-state index contributed by atoms with van der Waals surface area (Å²) < 4.78 is 33.3. The van der Waals surface area contributed by atoms with Crippen LogP contribution in [0.2, 0.25) is 0 Å². The highest BCUT2D eigenvalue weighted by atomic mass is 32.2. The topological polar surface area (TPSA) is 79.5 Å². The number of benzene rings is 2. The van der Waals surface area contributed by atoms with Crippen LogP contribution < -0.4 is 0 Å². The Morgan fingerprint density at radius 2 is 1.89 bits per heavy atom. The maximum absolute atomic E-state index is 12.2. The lowest BCUT2D eigenvalue weighted by atomic mass is 10.0. The molecule has 27 heavy (non-hydrogen) atoms. The van der Waals surface area contributed by atoms with Gasteiger partial charge in [0.1, 0.15) is 11.8 Å². The summed E-state index contributed by atoms with van der Waals surface area (Å²) in [5.74, 6) is 0.275. The summed E-state index contributed by atoms with van der Waals surface area (Å²) in [6, 6.07) is 18.6. The van der Waals surface area contributed by atoms with Gasteiger partial charge in [-0.05, 0) is 40.4 Å². The third-order valence-electron chi connectivity index (χ3n) is 3.97. The van der Waals surface area contributed by atoms with Crippen molar-refractivity contribution in [1.82, 2.24) is 0 Å². The number of hydrogen-bond donors (Lipinski definition) is 0. The minimum Gasteiger partial charge on any atom is -0.197 e. The average molecular weight is 399 g/mol. The second-order valence-corrected chi connectivity index (χ2v) is 9.14. The molecule has 0 spiro atoms. The van der Waals surface area contributed by atoms with Crippen LogP contribution in [0.25, 0.3) is 5.57 Å². The highest BCUT2D eigenvalue weighted by molar-refractivity contribution is 7.92. The number of nitrogens with zero attached hydrogens (tertiary/aromatic N) is 2. The molecule has 5 nitrogen and oxygen atoms in total. The Hall–Kier alpha value is -2.53. The van der Waals surface area contributed by atoms with Crippen LogP contribution >= 0.6 is 0 Å². The summed E-state index contributed by atoms with van der Waals surface area (Å²) in [6.07, 6.45) is 3.70. The first-order chi connectivity index (χ1) is 13.0. The Morgan fingerprint density at radius 1 is 1.19 bits per heavy atom. The van der Waals surface area contributed by atoms with E-state index in [1.54, 1.807) is 24.3 Å². The van der Waals surface area contributed by atoms with Gasteiger partial charge >= 0.3 is 0 Å². The van der Waals surface area contributed by atoms with Crippen molar-refractivity contribution in [3.05, 3.63) is 88.3 Å². The second-order valence-electron chi connectivity index (χ2n) is 5.94.